The van der Waals surface area contributed by atoms with Gasteiger partial charge in [0.2, 0.25) is 23.3 Å². The molecule has 69 heavy (non-hydrogen) atoms. The van der Waals surface area contributed by atoms with E-state index in [4.69, 9.17) is 0 Å². The average Bonchev–Trinajstić information content (AvgIpc) is 4.18. The molecule has 9 rings (SSSR count). The van der Waals surface area contributed by atoms with Gasteiger partial charge in [-0.15, -0.1) is 0 Å². The van der Waals surface area contributed by atoms with Crippen molar-refractivity contribution in [3.63, 3.8) is 0 Å². The second kappa shape index (κ2) is 17.1. The van der Waals surface area contributed by atoms with Gasteiger partial charge in [-0.1, -0.05) is 0 Å². The number of aromatic amines is 2. The molecular weight excluding hydrogens is 1160 g/mol. The monoisotopic (exact) mass is 1170 g/mol. The van der Waals surface area contributed by atoms with Gasteiger partial charge in [0.05, 0.1) is 45.0 Å². The molecule has 3 aromatic heterocycles. The van der Waals surface area contributed by atoms with Crippen LogP contribution >= 0.6 is 0 Å². The molecule has 0 fully saturated rings. The first kappa shape index (κ1) is 48.2. The van der Waals surface area contributed by atoms with Gasteiger partial charge >= 0.3 is 0 Å². The zero-order valence-corrected chi connectivity index (χ0v) is 34.7. The molecule has 0 saturated heterocycles. The molecule has 0 aliphatic carbocycles. The number of fused-ring (bicyclic) bond motifs is 8. The summed E-state index contributed by atoms with van der Waals surface area (Å²) in [6.07, 6.45) is 2.40. The number of H-pyrrole nitrogens is 2. The van der Waals surface area contributed by atoms with Crippen LogP contribution in [-0.4, -0.2) is 19.9 Å². The minimum absolute atomic E-state index is 0. The number of hydrogen-bond donors (Lipinski definition) is 2. The second-order valence-electron chi connectivity index (χ2n) is 14.3. The third-order valence-electron chi connectivity index (χ3n) is 10.6. The largest absolute Gasteiger partial charge is 0.354 e. The SMILES string of the molecule is Fc1c(F)c(F)c(-c2c3nc(c(-c4c(F)c(F)c(F)c(F)c4F)c4ccc([nH]4)c(-c4c(F)c(F)c(F)c(F)c4F)c4nc(c(-c5c(F)c(F)c(F)c(F)c5F)c5ccc2[nH]5)C=C4)C=C3)c(F)c1F.[Pt]. The smallest absolute Gasteiger partial charge is 0.200 e. The van der Waals surface area contributed by atoms with Gasteiger partial charge in [0, 0.05) is 65.4 Å². The van der Waals surface area contributed by atoms with Crippen LogP contribution in [0.1, 0.15) is 22.8 Å². The van der Waals surface area contributed by atoms with E-state index in [1.165, 1.54) is 0 Å². The Morgan fingerprint density at radius 1 is 0.217 bits per heavy atom. The molecule has 0 unspecified atom stereocenters. The van der Waals surface area contributed by atoms with Gasteiger partial charge < -0.3 is 9.97 Å². The van der Waals surface area contributed by atoms with Crippen LogP contribution in [0.25, 0.3) is 90.9 Å². The van der Waals surface area contributed by atoms with E-state index in [0.717, 1.165) is 0 Å². The van der Waals surface area contributed by atoms with Crippen LogP contribution in [0.15, 0.2) is 24.3 Å². The molecule has 8 bridgehead atoms. The molecule has 2 N–H and O–H groups in total. The Morgan fingerprint density at radius 2 is 0.362 bits per heavy atom. The van der Waals surface area contributed by atoms with Crippen LogP contribution in [-0.2, 0) is 21.1 Å². The predicted octanol–water partition coefficient (Wildman–Crippen LogP) is 14.1. The van der Waals surface area contributed by atoms with Crippen molar-refractivity contribution in [2.45, 2.75) is 0 Å². The van der Waals surface area contributed by atoms with E-state index in [0.29, 0.717) is 48.6 Å². The first-order chi connectivity index (χ1) is 32.1. The number of rotatable bonds is 4. The zero-order valence-electron chi connectivity index (χ0n) is 32.4. The van der Waals surface area contributed by atoms with Crippen LogP contribution in [0.5, 0.6) is 0 Å². The quantitative estimate of drug-likeness (QED) is 0.105. The maximum atomic E-state index is 15.8. The first-order valence-corrected chi connectivity index (χ1v) is 18.3. The van der Waals surface area contributed by atoms with E-state index in [1.54, 1.807) is 0 Å². The van der Waals surface area contributed by atoms with E-state index >= 15 is 35.1 Å². The summed E-state index contributed by atoms with van der Waals surface area (Å²) < 4.78 is 303. The van der Waals surface area contributed by atoms with Gasteiger partial charge in [-0.3, -0.25) is 0 Å². The third-order valence-corrected chi connectivity index (χ3v) is 10.6. The van der Waals surface area contributed by atoms with Crippen molar-refractivity contribution in [1.29, 1.82) is 0 Å². The molecule has 4 nitrogen and oxygen atoms in total. The minimum Gasteiger partial charge on any atom is -0.354 e. The normalized spacial score (nSPS) is 12.1. The Kier molecular flexibility index (Phi) is 11.9. The summed E-state index contributed by atoms with van der Waals surface area (Å²) in [7, 11) is 0. The molecule has 0 spiro atoms. The van der Waals surface area contributed by atoms with Gasteiger partial charge in [-0.2, -0.15) is 0 Å². The molecule has 0 atom stereocenters. The van der Waals surface area contributed by atoms with Crippen LogP contribution in [0, 0.1) is 116 Å². The summed E-state index contributed by atoms with van der Waals surface area (Å²) in [5.74, 6) is -52.6. The van der Waals surface area contributed by atoms with Crippen LogP contribution < -0.4 is 0 Å². The Hall–Kier alpha value is -7.23. The molecule has 0 saturated carbocycles. The molecule has 356 valence electrons. The second-order valence-corrected chi connectivity index (χ2v) is 14.3. The number of aromatic nitrogens is 4. The third kappa shape index (κ3) is 7.03. The van der Waals surface area contributed by atoms with Gasteiger partial charge in [0.15, 0.2) is 93.1 Å². The molecule has 25 heteroatoms. The van der Waals surface area contributed by atoms with Crippen molar-refractivity contribution in [2.24, 2.45) is 0 Å². The number of benzene rings is 4. The standard InChI is InChI=1S/C44H10F20N4.Pt/c45-25-21(26(46)34(54)41(61)33(25)53)17-9-1-2-10(65-9)18(22-27(47)35(55)42(62)36(56)28(22)48)12-5-6-14(67-12)20(24-31(51)39(59)44(64)40(60)32(24)52)16-8-7-15(68-16)19(13-4-3-11(17)66-13)23-29(49)37(57)43(63)38(58)30(23)50;/h1-8,65,68H;. The van der Waals surface area contributed by atoms with Crippen molar-refractivity contribution < 1.29 is 109 Å². The topological polar surface area (TPSA) is 57.4 Å². The summed E-state index contributed by atoms with van der Waals surface area (Å²) in [6, 6.07) is 2.51. The Bertz CT molecular complexity index is 3120. The van der Waals surface area contributed by atoms with Gasteiger partial charge in [-0.25, -0.2) is 97.8 Å². The fraction of sp³-hybridized carbons (Fsp3) is 0. The number of nitrogens with one attached hydrogen (secondary N) is 2. The van der Waals surface area contributed by atoms with Gasteiger partial charge in [0.25, 0.3) is 0 Å². The summed E-state index contributed by atoms with van der Waals surface area (Å²) in [5, 5.41) is 0. The fourth-order valence-corrected chi connectivity index (χ4v) is 7.56. The van der Waals surface area contributed by atoms with E-state index < -0.39 is 206 Å². The summed E-state index contributed by atoms with van der Waals surface area (Å²) in [4.78, 5) is 12.3. The van der Waals surface area contributed by atoms with Crippen molar-refractivity contribution in [3.8, 4) is 44.5 Å². The summed E-state index contributed by atoms with van der Waals surface area (Å²) in [5.41, 5.74) is -20.5. The van der Waals surface area contributed by atoms with Gasteiger partial charge in [0.1, 0.15) is 0 Å². The van der Waals surface area contributed by atoms with Crippen molar-refractivity contribution >= 4 is 46.4 Å². The van der Waals surface area contributed by atoms with Crippen LogP contribution in [0.4, 0.5) is 87.8 Å². The van der Waals surface area contributed by atoms with Crippen molar-refractivity contribution in [2.75, 3.05) is 0 Å². The number of hydrogen-bond acceptors (Lipinski definition) is 2. The molecule has 0 amide bonds. The van der Waals surface area contributed by atoms with Gasteiger partial charge in [-0.05, 0) is 48.6 Å². The van der Waals surface area contributed by atoms with Crippen LogP contribution in [0.3, 0.4) is 0 Å². The maximum Gasteiger partial charge on any atom is 0.200 e. The molecule has 4 aromatic carbocycles. The predicted molar refractivity (Wildman–Crippen MR) is 200 cm³/mol. The number of halogens is 20. The zero-order chi connectivity index (χ0) is 49.3. The van der Waals surface area contributed by atoms with E-state index in [2.05, 4.69) is 19.9 Å². The van der Waals surface area contributed by atoms with E-state index in [1.807, 2.05) is 0 Å². The van der Waals surface area contributed by atoms with Crippen molar-refractivity contribution in [1.82, 2.24) is 19.9 Å². The minimum atomic E-state index is -2.72. The molecule has 7 aromatic rings. The molecule has 5 heterocycles. The Balaban J connectivity index is 0.00000642. The van der Waals surface area contributed by atoms with E-state index in [9.17, 15) is 52.7 Å². The summed E-state index contributed by atoms with van der Waals surface area (Å²) >= 11 is 0. The molecule has 2 aliphatic rings. The fourth-order valence-electron chi connectivity index (χ4n) is 7.56. The molecular formula is C44H10F20N4Pt. The Morgan fingerprint density at radius 3 is 0.522 bits per heavy atom. The van der Waals surface area contributed by atoms with E-state index in [-0.39, 0.29) is 21.1 Å². The Labute approximate surface area is 382 Å². The maximum absolute atomic E-state index is 15.8. The van der Waals surface area contributed by atoms with Crippen molar-refractivity contribution in [3.05, 3.63) is 163 Å². The summed E-state index contributed by atoms with van der Waals surface area (Å²) in [6.45, 7) is 0. The van der Waals surface area contributed by atoms with Crippen LogP contribution in [0.2, 0.25) is 0 Å². The average molecular weight is 1170 g/mol. The molecule has 2 aliphatic heterocycles. The first-order valence-electron chi connectivity index (χ1n) is 18.3. The molecule has 0 radical (unpaired) electrons. The number of nitrogens with zero attached hydrogens (tertiary/aromatic N) is 2.